The van der Waals surface area contributed by atoms with Gasteiger partial charge in [-0.25, -0.2) is 4.98 Å². The number of rotatable bonds is 3. The lowest BCUT2D eigenvalue weighted by molar-refractivity contribution is 0.143. The molecule has 0 unspecified atom stereocenters. The maximum atomic E-state index is 11.6. The molecule has 0 atom stereocenters. The summed E-state index contributed by atoms with van der Waals surface area (Å²) in [4.78, 5) is 22.0. The highest BCUT2D eigenvalue weighted by Crippen LogP contribution is 2.51. The van der Waals surface area contributed by atoms with Gasteiger partial charge in [0, 0.05) is 11.6 Å². The first-order valence-corrected chi connectivity index (χ1v) is 5.75. The second-order valence-electron chi connectivity index (χ2n) is 4.70. The van der Waals surface area contributed by atoms with E-state index in [1.165, 1.54) is 6.33 Å². The van der Waals surface area contributed by atoms with E-state index < -0.39 is 11.0 Å². The van der Waals surface area contributed by atoms with E-state index in [1.54, 1.807) is 10.8 Å². The van der Waals surface area contributed by atoms with Crippen LogP contribution < -0.4 is 11.3 Å². The first-order chi connectivity index (χ1) is 9.09. The molecule has 8 nitrogen and oxygen atoms in total. The van der Waals surface area contributed by atoms with Gasteiger partial charge in [-0.3, -0.25) is 14.3 Å². The van der Waals surface area contributed by atoms with Crippen molar-refractivity contribution in [1.29, 1.82) is 0 Å². The highest BCUT2D eigenvalue weighted by Gasteiger charge is 2.48. The number of imidazole rings is 1. The third kappa shape index (κ3) is 1.72. The van der Waals surface area contributed by atoms with E-state index in [0.29, 0.717) is 12.1 Å². The largest absolute Gasteiger partial charge is 0.395 e. The zero-order valence-electron chi connectivity index (χ0n) is 10.00. The van der Waals surface area contributed by atoms with Gasteiger partial charge in [-0.2, -0.15) is 4.98 Å². The van der Waals surface area contributed by atoms with Gasteiger partial charge in [0.05, 0.1) is 13.2 Å². The van der Waals surface area contributed by atoms with E-state index in [2.05, 4.69) is 15.0 Å². The predicted molar refractivity (Wildman–Crippen MR) is 68.1 cm³/mol. The minimum atomic E-state index is -0.552. The van der Waals surface area contributed by atoms with Gasteiger partial charge in [-0.15, -0.1) is 0 Å². The molecule has 1 fully saturated rings. The Labute approximate surface area is 107 Å². The number of H-pyrrole nitrogens is 1. The maximum absolute atomic E-state index is 11.6. The van der Waals surface area contributed by atoms with Crippen molar-refractivity contribution in [2.75, 3.05) is 18.9 Å². The molecule has 8 heteroatoms. The van der Waals surface area contributed by atoms with Gasteiger partial charge >= 0.3 is 0 Å². The topological polar surface area (TPSA) is 130 Å². The van der Waals surface area contributed by atoms with Crippen LogP contribution in [0.1, 0.15) is 6.42 Å². The Hall–Kier alpha value is -2.19. The van der Waals surface area contributed by atoms with Crippen molar-refractivity contribution in [1.82, 2.24) is 19.5 Å². The van der Waals surface area contributed by atoms with E-state index in [9.17, 15) is 15.0 Å². The number of aromatic nitrogens is 4. The Morgan fingerprint density at radius 2 is 2.26 bits per heavy atom. The molecule has 1 saturated carbocycles. The first-order valence-electron chi connectivity index (χ1n) is 5.75. The molecular weight excluding hydrogens is 250 g/mol. The fourth-order valence-corrected chi connectivity index (χ4v) is 2.07. The molecule has 3 rings (SSSR count). The lowest BCUT2D eigenvalue weighted by Gasteiger charge is -2.05. The molecular formula is C11H13N5O3. The average molecular weight is 263 g/mol. The molecule has 0 amide bonds. The number of hydrogen-bond donors (Lipinski definition) is 4. The molecule has 0 bridgehead atoms. The number of anilines is 1. The summed E-state index contributed by atoms with van der Waals surface area (Å²) in [5.74, 6) is 0.0176. The second-order valence-corrected chi connectivity index (χ2v) is 4.70. The minimum Gasteiger partial charge on any atom is -0.395 e. The number of nitrogens with one attached hydrogen (secondary N) is 1. The van der Waals surface area contributed by atoms with Crippen LogP contribution in [0.3, 0.4) is 0 Å². The number of aliphatic hydroxyl groups excluding tert-OH is 2. The van der Waals surface area contributed by atoms with Gasteiger partial charge in [0.15, 0.2) is 11.2 Å². The zero-order chi connectivity index (χ0) is 13.6. The van der Waals surface area contributed by atoms with Crippen molar-refractivity contribution in [3.05, 3.63) is 22.3 Å². The summed E-state index contributed by atoms with van der Waals surface area (Å²) in [5, 5.41) is 18.5. The second kappa shape index (κ2) is 3.90. The summed E-state index contributed by atoms with van der Waals surface area (Å²) in [5.41, 5.74) is 5.99. The lowest BCUT2D eigenvalue weighted by atomic mass is 10.1. The average Bonchev–Trinajstić information content (AvgIpc) is 2.94. The van der Waals surface area contributed by atoms with E-state index in [1.807, 2.05) is 0 Å². The van der Waals surface area contributed by atoms with Crippen molar-refractivity contribution >= 4 is 23.3 Å². The fraction of sp³-hybridized carbons (Fsp3) is 0.364. The highest BCUT2D eigenvalue weighted by molar-refractivity contribution is 5.73. The molecule has 0 aliphatic heterocycles. The molecule has 0 radical (unpaired) electrons. The van der Waals surface area contributed by atoms with Crippen LogP contribution in [0.5, 0.6) is 0 Å². The quantitative estimate of drug-likeness (QED) is 0.557. The van der Waals surface area contributed by atoms with Gasteiger partial charge in [0.1, 0.15) is 6.33 Å². The Bertz CT molecular complexity index is 725. The van der Waals surface area contributed by atoms with Gasteiger partial charge in [-0.05, 0) is 12.0 Å². The lowest BCUT2D eigenvalue weighted by Crippen LogP contribution is -2.12. The Morgan fingerprint density at radius 1 is 1.53 bits per heavy atom. The molecule has 1 aliphatic rings. The van der Waals surface area contributed by atoms with Crippen LogP contribution in [-0.4, -0.2) is 42.9 Å². The molecule has 2 aromatic heterocycles. The number of aliphatic hydroxyl groups is 2. The molecule has 2 aromatic rings. The first kappa shape index (κ1) is 11.9. The SMILES string of the molecule is Nc1nc2c(ncn2/C=C2\CC2(CO)CO)c(=O)[nH]1. The van der Waals surface area contributed by atoms with E-state index in [-0.39, 0.29) is 24.7 Å². The van der Waals surface area contributed by atoms with Crippen molar-refractivity contribution in [2.24, 2.45) is 5.41 Å². The van der Waals surface area contributed by atoms with Crippen molar-refractivity contribution < 1.29 is 10.2 Å². The summed E-state index contributed by atoms with van der Waals surface area (Å²) in [6, 6.07) is 0. The molecule has 0 aromatic carbocycles. The van der Waals surface area contributed by atoms with Gasteiger partial charge in [0.25, 0.3) is 5.56 Å². The monoisotopic (exact) mass is 263 g/mol. The number of nitrogens with two attached hydrogens (primary N) is 1. The Balaban J connectivity index is 2.09. The van der Waals surface area contributed by atoms with E-state index >= 15 is 0 Å². The fourth-order valence-electron chi connectivity index (χ4n) is 2.07. The van der Waals surface area contributed by atoms with Crippen LogP contribution in [-0.2, 0) is 0 Å². The highest BCUT2D eigenvalue weighted by atomic mass is 16.3. The van der Waals surface area contributed by atoms with Crippen LogP contribution in [0.25, 0.3) is 17.4 Å². The van der Waals surface area contributed by atoms with Crippen LogP contribution in [0.15, 0.2) is 16.7 Å². The van der Waals surface area contributed by atoms with Crippen molar-refractivity contribution in [3.8, 4) is 0 Å². The van der Waals surface area contributed by atoms with Crippen LogP contribution in [0, 0.1) is 5.41 Å². The van der Waals surface area contributed by atoms with Crippen LogP contribution >= 0.6 is 0 Å². The van der Waals surface area contributed by atoms with Crippen LogP contribution in [0.2, 0.25) is 0 Å². The summed E-state index contributed by atoms with van der Waals surface area (Å²) in [6.07, 6.45) is 3.78. The minimum absolute atomic E-state index is 0.0176. The van der Waals surface area contributed by atoms with Gasteiger partial charge in [-0.1, -0.05) is 0 Å². The third-order valence-electron chi connectivity index (χ3n) is 3.44. The van der Waals surface area contributed by atoms with Crippen LogP contribution in [0.4, 0.5) is 5.95 Å². The van der Waals surface area contributed by atoms with Crippen molar-refractivity contribution in [3.63, 3.8) is 0 Å². The zero-order valence-corrected chi connectivity index (χ0v) is 10.00. The number of fused-ring (bicyclic) bond motifs is 1. The van der Waals surface area contributed by atoms with Gasteiger partial charge < -0.3 is 15.9 Å². The molecule has 0 spiro atoms. The predicted octanol–water partition coefficient (Wildman–Crippen LogP) is -1.08. The normalized spacial score (nSPS) is 19.2. The standard InChI is InChI=1S/C11H13N5O3/c12-10-14-8-7(9(19)15-10)13-5-16(8)2-6-1-11(6,3-17)4-18/h2,5,17-18H,1,3-4H2,(H3,12,14,15,19)/b6-2+. The smallest absolute Gasteiger partial charge is 0.280 e. The number of nitrogens with zero attached hydrogens (tertiary/aromatic N) is 3. The summed E-state index contributed by atoms with van der Waals surface area (Å²) < 4.78 is 1.57. The molecule has 100 valence electrons. The molecule has 0 saturated heterocycles. The van der Waals surface area contributed by atoms with Crippen molar-refractivity contribution in [2.45, 2.75) is 6.42 Å². The Morgan fingerprint density at radius 3 is 2.89 bits per heavy atom. The molecule has 19 heavy (non-hydrogen) atoms. The number of aromatic amines is 1. The Kier molecular flexibility index (Phi) is 2.44. The molecule has 5 N–H and O–H groups in total. The molecule has 2 heterocycles. The van der Waals surface area contributed by atoms with E-state index in [4.69, 9.17) is 5.73 Å². The summed E-state index contributed by atoms with van der Waals surface area (Å²) in [6.45, 7) is -0.226. The van der Waals surface area contributed by atoms with Gasteiger partial charge in [0.2, 0.25) is 5.95 Å². The number of hydrogen-bond acceptors (Lipinski definition) is 6. The summed E-state index contributed by atoms with van der Waals surface area (Å²) in [7, 11) is 0. The number of nitrogen functional groups attached to an aromatic ring is 1. The van der Waals surface area contributed by atoms with E-state index in [0.717, 1.165) is 5.57 Å². The summed E-state index contributed by atoms with van der Waals surface area (Å²) >= 11 is 0. The maximum Gasteiger partial charge on any atom is 0.280 e. The third-order valence-corrected chi connectivity index (χ3v) is 3.44. The molecule has 1 aliphatic carbocycles.